The van der Waals surface area contributed by atoms with Gasteiger partial charge in [-0.05, 0) is 30.0 Å². The molecule has 2 rings (SSSR count). The minimum absolute atomic E-state index is 0.333. The Labute approximate surface area is 107 Å². The van der Waals surface area contributed by atoms with Crippen LogP contribution in [-0.4, -0.2) is 24.3 Å². The van der Waals surface area contributed by atoms with Crippen molar-refractivity contribution < 1.29 is 19.4 Å². The van der Waals surface area contributed by atoms with Crippen molar-refractivity contribution in [3.8, 4) is 11.5 Å². The van der Waals surface area contributed by atoms with Crippen molar-refractivity contribution in [1.29, 1.82) is 0 Å². The molecule has 1 N–H and O–H groups in total. The average molecular weight is 250 g/mol. The summed E-state index contributed by atoms with van der Waals surface area (Å²) in [6.45, 7) is 5.10. The Morgan fingerprint density at radius 3 is 2.56 bits per heavy atom. The minimum atomic E-state index is -0.791. The lowest BCUT2D eigenvalue weighted by atomic mass is 9.90. The third-order valence-corrected chi connectivity index (χ3v) is 2.97. The lowest BCUT2D eigenvalue weighted by Gasteiger charge is -2.21. The largest absolute Gasteiger partial charge is 0.486 e. The topological polar surface area (TPSA) is 55.8 Å². The predicted molar refractivity (Wildman–Crippen MR) is 67.3 cm³/mol. The first kappa shape index (κ1) is 12.7. The fourth-order valence-corrected chi connectivity index (χ4v) is 2.13. The summed E-state index contributed by atoms with van der Waals surface area (Å²) in [5, 5.41) is 9.31. The van der Waals surface area contributed by atoms with Gasteiger partial charge in [-0.3, -0.25) is 4.79 Å². The van der Waals surface area contributed by atoms with Crippen molar-refractivity contribution >= 4 is 5.97 Å². The molecule has 0 spiro atoms. The van der Waals surface area contributed by atoms with Crippen LogP contribution in [0.25, 0.3) is 0 Å². The van der Waals surface area contributed by atoms with E-state index in [0.717, 1.165) is 5.56 Å². The van der Waals surface area contributed by atoms with Gasteiger partial charge < -0.3 is 14.6 Å². The number of fused-ring (bicyclic) bond motifs is 1. The molecule has 18 heavy (non-hydrogen) atoms. The van der Waals surface area contributed by atoms with Gasteiger partial charge in [0.1, 0.15) is 13.2 Å². The Hall–Kier alpha value is -1.71. The first-order valence-electron chi connectivity index (χ1n) is 6.20. The van der Waals surface area contributed by atoms with E-state index in [9.17, 15) is 9.90 Å². The van der Waals surface area contributed by atoms with Crippen LogP contribution in [0.4, 0.5) is 0 Å². The molecule has 0 radical (unpaired) electrons. The Balaban J connectivity index is 2.27. The van der Waals surface area contributed by atoms with Crippen LogP contribution >= 0.6 is 0 Å². The predicted octanol–water partition coefficient (Wildman–Crippen LogP) is 2.67. The second kappa shape index (κ2) is 5.29. The first-order chi connectivity index (χ1) is 8.58. The average Bonchev–Trinajstić information content (AvgIpc) is 2.35. The van der Waals surface area contributed by atoms with E-state index in [-0.39, 0.29) is 0 Å². The lowest BCUT2D eigenvalue weighted by Crippen LogP contribution is -2.17. The van der Waals surface area contributed by atoms with E-state index < -0.39 is 11.9 Å². The van der Waals surface area contributed by atoms with Gasteiger partial charge in [-0.25, -0.2) is 0 Å². The molecule has 98 valence electrons. The number of aliphatic carboxylic acids is 1. The normalized spacial score (nSPS) is 15.5. The number of benzene rings is 1. The second-order valence-electron chi connectivity index (χ2n) is 4.92. The van der Waals surface area contributed by atoms with Gasteiger partial charge in [-0.1, -0.05) is 19.9 Å². The fraction of sp³-hybridized carbons (Fsp3) is 0.500. The first-order valence-corrected chi connectivity index (χ1v) is 6.20. The van der Waals surface area contributed by atoms with E-state index in [1.165, 1.54) is 0 Å². The van der Waals surface area contributed by atoms with Crippen LogP contribution in [0, 0.1) is 5.92 Å². The standard InChI is InChI=1S/C14H18O4/c1-9(2)7-11(14(15)16)10-3-4-12-13(8-10)18-6-5-17-12/h3-4,8-9,11H,5-7H2,1-2H3,(H,15,16). The molecule has 0 bridgehead atoms. The summed E-state index contributed by atoms with van der Waals surface area (Å²) in [5.74, 6) is 0.396. The monoisotopic (exact) mass is 250 g/mol. The number of carboxylic acid groups (broad SMARTS) is 1. The number of hydrogen-bond acceptors (Lipinski definition) is 3. The van der Waals surface area contributed by atoms with Crippen molar-refractivity contribution in [3.05, 3.63) is 23.8 Å². The van der Waals surface area contributed by atoms with Gasteiger partial charge in [0.15, 0.2) is 11.5 Å². The van der Waals surface area contributed by atoms with E-state index in [0.29, 0.717) is 37.1 Å². The maximum atomic E-state index is 11.3. The fourth-order valence-electron chi connectivity index (χ4n) is 2.13. The Morgan fingerprint density at radius 1 is 1.28 bits per heavy atom. The molecule has 1 aromatic rings. The molecular weight excluding hydrogens is 232 g/mol. The van der Waals surface area contributed by atoms with Crippen molar-refractivity contribution in [3.63, 3.8) is 0 Å². The highest BCUT2D eigenvalue weighted by atomic mass is 16.6. The second-order valence-corrected chi connectivity index (χ2v) is 4.92. The summed E-state index contributed by atoms with van der Waals surface area (Å²) in [6, 6.07) is 5.39. The van der Waals surface area contributed by atoms with Gasteiger partial charge in [-0.2, -0.15) is 0 Å². The number of carboxylic acids is 1. The van der Waals surface area contributed by atoms with Crippen LogP contribution in [-0.2, 0) is 4.79 Å². The van der Waals surface area contributed by atoms with Crippen molar-refractivity contribution in [2.45, 2.75) is 26.2 Å². The van der Waals surface area contributed by atoms with E-state index >= 15 is 0 Å². The molecule has 0 aliphatic carbocycles. The van der Waals surface area contributed by atoms with Crippen LogP contribution in [0.3, 0.4) is 0 Å². The molecule has 1 unspecified atom stereocenters. The summed E-state index contributed by atoms with van der Waals surface area (Å²) in [4.78, 5) is 11.3. The zero-order chi connectivity index (χ0) is 13.1. The third-order valence-electron chi connectivity index (χ3n) is 2.97. The lowest BCUT2D eigenvalue weighted by molar-refractivity contribution is -0.139. The summed E-state index contributed by atoms with van der Waals surface area (Å²) >= 11 is 0. The minimum Gasteiger partial charge on any atom is -0.486 e. The van der Waals surface area contributed by atoms with E-state index in [2.05, 4.69) is 0 Å². The quantitative estimate of drug-likeness (QED) is 0.892. The summed E-state index contributed by atoms with van der Waals surface area (Å²) in [6.07, 6.45) is 0.620. The smallest absolute Gasteiger partial charge is 0.310 e. The highest BCUT2D eigenvalue weighted by molar-refractivity contribution is 5.76. The van der Waals surface area contributed by atoms with Gasteiger partial charge >= 0.3 is 5.97 Å². The number of rotatable bonds is 4. The van der Waals surface area contributed by atoms with Gasteiger partial charge in [0.2, 0.25) is 0 Å². The Morgan fingerprint density at radius 2 is 1.94 bits per heavy atom. The molecule has 1 aliphatic heterocycles. The van der Waals surface area contributed by atoms with Crippen molar-refractivity contribution in [2.24, 2.45) is 5.92 Å². The number of hydrogen-bond donors (Lipinski definition) is 1. The van der Waals surface area contributed by atoms with E-state index in [1.54, 1.807) is 12.1 Å². The molecule has 0 saturated carbocycles. The SMILES string of the molecule is CC(C)CC(C(=O)O)c1ccc2c(c1)OCCO2. The summed E-state index contributed by atoms with van der Waals surface area (Å²) < 4.78 is 10.9. The van der Waals surface area contributed by atoms with Gasteiger partial charge in [-0.15, -0.1) is 0 Å². The molecule has 1 heterocycles. The Bertz CT molecular complexity index is 439. The van der Waals surface area contributed by atoms with Gasteiger partial charge in [0.25, 0.3) is 0 Å². The van der Waals surface area contributed by atoms with Gasteiger partial charge in [0.05, 0.1) is 5.92 Å². The summed E-state index contributed by atoms with van der Waals surface area (Å²) in [7, 11) is 0. The molecule has 1 aromatic carbocycles. The maximum Gasteiger partial charge on any atom is 0.310 e. The van der Waals surface area contributed by atoms with Crippen molar-refractivity contribution in [1.82, 2.24) is 0 Å². The molecule has 0 aromatic heterocycles. The number of ether oxygens (including phenoxy) is 2. The highest BCUT2D eigenvalue weighted by Crippen LogP contribution is 2.34. The maximum absolute atomic E-state index is 11.3. The zero-order valence-electron chi connectivity index (χ0n) is 10.7. The molecule has 1 aliphatic rings. The summed E-state index contributed by atoms with van der Waals surface area (Å²) in [5.41, 5.74) is 0.778. The van der Waals surface area contributed by atoms with E-state index in [4.69, 9.17) is 9.47 Å². The van der Waals surface area contributed by atoms with Crippen LogP contribution in [0.5, 0.6) is 11.5 Å². The molecule has 4 heteroatoms. The third kappa shape index (κ3) is 2.75. The molecule has 1 atom stereocenters. The van der Waals surface area contributed by atoms with Crippen LogP contribution in [0.1, 0.15) is 31.7 Å². The molecule has 0 fully saturated rings. The molecule has 4 nitrogen and oxygen atoms in total. The molecular formula is C14H18O4. The van der Waals surface area contributed by atoms with E-state index in [1.807, 2.05) is 19.9 Å². The van der Waals surface area contributed by atoms with Crippen LogP contribution in [0.2, 0.25) is 0 Å². The van der Waals surface area contributed by atoms with Crippen molar-refractivity contribution in [2.75, 3.05) is 13.2 Å². The van der Waals surface area contributed by atoms with Crippen LogP contribution in [0.15, 0.2) is 18.2 Å². The highest BCUT2D eigenvalue weighted by Gasteiger charge is 2.23. The van der Waals surface area contributed by atoms with Gasteiger partial charge in [0, 0.05) is 0 Å². The zero-order valence-corrected chi connectivity index (χ0v) is 10.7. The Kier molecular flexibility index (Phi) is 3.75. The number of carbonyl (C=O) groups is 1. The molecule has 0 amide bonds. The molecule has 0 saturated heterocycles. The van der Waals surface area contributed by atoms with Crippen LogP contribution < -0.4 is 9.47 Å².